The molecule has 0 fully saturated rings. The van der Waals surface area contributed by atoms with Gasteiger partial charge in [-0.15, -0.1) is 0 Å². The number of carbonyl (C=O) groups excluding carboxylic acids is 3. The van der Waals surface area contributed by atoms with Crippen LogP contribution in [-0.2, 0) is 18.9 Å². The van der Waals surface area contributed by atoms with Crippen molar-refractivity contribution in [3.8, 4) is 0 Å². The van der Waals surface area contributed by atoms with Crippen LogP contribution in [0, 0.1) is 0 Å². The number of hydrogen-bond donors (Lipinski definition) is 2. The third kappa shape index (κ3) is 23.5. The van der Waals surface area contributed by atoms with Crippen LogP contribution >= 0.6 is 0 Å². The van der Waals surface area contributed by atoms with Gasteiger partial charge in [-0.1, -0.05) is 0 Å². The second kappa shape index (κ2) is 20.3. The van der Waals surface area contributed by atoms with E-state index >= 15 is 0 Å². The van der Waals surface area contributed by atoms with Crippen molar-refractivity contribution in [3.05, 3.63) is 0 Å². The first-order valence-electron chi connectivity index (χ1n) is 3.10. The molecule has 0 saturated carbocycles. The number of hydrogen-bond acceptors (Lipinski definition) is 9. The topological polar surface area (TPSA) is 163 Å². The van der Waals surface area contributed by atoms with Crippen molar-refractivity contribution >= 4 is 220 Å². The molecular formula is C5H10Ba2O11Sr2. The van der Waals surface area contributed by atoms with Crippen molar-refractivity contribution in [1.82, 2.24) is 0 Å². The SMILES string of the molecule is O=C(O)OC(=O)OC(=O)OC(=O)OC(=O)O.[Ba+2].[Ba+2].[H-].[H-].[H-].[H-].[H-].[H-].[H-].[H-].[Sr+2].[Sr+2]. The molecule has 0 heterocycles. The number of ether oxygens (including phenoxy) is 4. The first kappa shape index (κ1) is 34.6. The summed E-state index contributed by atoms with van der Waals surface area (Å²) in [5.41, 5.74) is 0. The first-order chi connectivity index (χ1) is 7.31. The molecule has 0 aliphatic rings. The summed E-state index contributed by atoms with van der Waals surface area (Å²) in [6, 6.07) is 0. The molecule has 0 rings (SSSR count). The van der Waals surface area contributed by atoms with Crippen LogP contribution < -0.4 is 0 Å². The molecule has 0 spiro atoms. The van der Waals surface area contributed by atoms with Crippen LogP contribution in [0.5, 0.6) is 0 Å². The van der Waals surface area contributed by atoms with E-state index in [0.717, 1.165) is 0 Å². The Labute approximate surface area is 277 Å². The molecule has 0 aliphatic heterocycles. The predicted molar refractivity (Wildman–Crippen MR) is 68.5 cm³/mol. The third-order valence-electron chi connectivity index (χ3n) is 0.675. The Hall–Kier alpha value is 3.25. The van der Waals surface area contributed by atoms with Crippen LogP contribution in [-0.4, -0.2) is 230 Å². The van der Waals surface area contributed by atoms with Crippen LogP contribution in [0.2, 0.25) is 0 Å². The smallest absolute Gasteiger partial charge is 1.00 e. The summed E-state index contributed by atoms with van der Waals surface area (Å²) in [5, 5.41) is 15.7. The van der Waals surface area contributed by atoms with Crippen molar-refractivity contribution in [2.45, 2.75) is 0 Å². The van der Waals surface area contributed by atoms with E-state index in [4.69, 9.17) is 10.2 Å². The fraction of sp³-hybridized carbons (Fsp3) is 0. The Balaban J connectivity index is -0.0000000170. The van der Waals surface area contributed by atoms with Crippen molar-refractivity contribution in [2.75, 3.05) is 0 Å². The molecule has 104 valence electrons. The van der Waals surface area contributed by atoms with Gasteiger partial charge in [0.1, 0.15) is 0 Å². The average molecular weight is 696 g/mol. The molecule has 15 heteroatoms. The van der Waals surface area contributed by atoms with E-state index < -0.39 is 30.8 Å². The largest absolute Gasteiger partial charge is 2.00 e. The third-order valence-corrected chi connectivity index (χ3v) is 0.675. The second-order valence-electron chi connectivity index (χ2n) is 1.69. The zero-order valence-electron chi connectivity index (χ0n) is 17.9. The molecule has 0 radical (unpaired) electrons. The zero-order valence-corrected chi connectivity index (χ0v) is 25.7. The molecule has 0 aromatic carbocycles. The van der Waals surface area contributed by atoms with Gasteiger partial charge in [0.05, 0.1) is 0 Å². The van der Waals surface area contributed by atoms with E-state index in [1.165, 1.54) is 0 Å². The molecule has 0 aliphatic carbocycles. The summed E-state index contributed by atoms with van der Waals surface area (Å²) in [4.78, 5) is 50.4. The molecule has 0 unspecified atom stereocenters. The van der Waals surface area contributed by atoms with Crippen LogP contribution in [0.1, 0.15) is 11.4 Å². The molecule has 11 nitrogen and oxygen atoms in total. The maximum atomic E-state index is 10.4. The molecule has 2 N–H and O–H groups in total. The van der Waals surface area contributed by atoms with Crippen molar-refractivity contribution in [2.24, 2.45) is 0 Å². The van der Waals surface area contributed by atoms with Gasteiger partial charge in [-0.2, -0.15) is 0 Å². The maximum absolute atomic E-state index is 10.4. The van der Waals surface area contributed by atoms with E-state index in [1.54, 1.807) is 0 Å². The van der Waals surface area contributed by atoms with E-state index in [1.807, 2.05) is 0 Å². The quantitative estimate of drug-likeness (QED) is 0.202. The second-order valence-corrected chi connectivity index (χ2v) is 1.69. The Kier molecular flexibility index (Phi) is 35.1. The zero-order chi connectivity index (χ0) is 12.7. The van der Waals surface area contributed by atoms with E-state index in [0.29, 0.717) is 0 Å². The normalized spacial score (nSPS) is 6.80. The van der Waals surface area contributed by atoms with E-state index in [-0.39, 0.29) is 200 Å². The van der Waals surface area contributed by atoms with Crippen LogP contribution in [0.15, 0.2) is 0 Å². The Morgan fingerprint density at radius 3 is 1.00 bits per heavy atom. The number of carbonyl (C=O) groups is 5. The summed E-state index contributed by atoms with van der Waals surface area (Å²) in [7, 11) is 0. The number of rotatable bonds is 0. The van der Waals surface area contributed by atoms with E-state index in [2.05, 4.69) is 18.9 Å². The fourth-order valence-corrected chi connectivity index (χ4v) is 0.341. The van der Waals surface area contributed by atoms with Gasteiger partial charge >= 0.3 is 220 Å². The predicted octanol–water partition coefficient (Wildman–Crippen LogP) is 0.146. The Bertz CT molecular complexity index is 351. The van der Waals surface area contributed by atoms with Gasteiger partial charge in [0.15, 0.2) is 0 Å². The minimum absolute atomic E-state index is 0. The summed E-state index contributed by atoms with van der Waals surface area (Å²) in [5.74, 6) is 0. The molecule has 0 aromatic heterocycles. The van der Waals surface area contributed by atoms with E-state index in [9.17, 15) is 24.0 Å². The van der Waals surface area contributed by atoms with Gasteiger partial charge in [0.2, 0.25) is 0 Å². The summed E-state index contributed by atoms with van der Waals surface area (Å²) in [6.07, 6.45) is -10.1. The average Bonchev–Trinajstić information content (AvgIpc) is 1.97. The van der Waals surface area contributed by atoms with Gasteiger partial charge in [0.25, 0.3) is 0 Å². The van der Waals surface area contributed by atoms with Crippen LogP contribution in [0.4, 0.5) is 24.0 Å². The molecule has 0 bridgehead atoms. The molecule has 0 saturated heterocycles. The van der Waals surface area contributed by atoms with Crippen LogP contribution in [0.25, 0.3) is 0 Å². The van der Waals surface area contributed by atoms with Crippen LogP contribution in [0.3, 0.4) is 0 Å². The van der Waals surface area contributed by atoms with Crippen molar-refractivity contribution in [1.29, 1.82) is 0 Å². The first-order valence-corrected chi connectivity index (χ1v) is 3.10. The molecule has 20 heavy (non-hydrogen) atoms. The summed E-state index contributed by atoms with van der Waals surface area (Å²) in [6.45, 7) is 0. The standard InChI is InChI=1S/C5H2O11.2Ba.2Sr.8H/c6-1(7)13-3(10)15-5(12)16-4(11)14-2(8)9;;;;;;;;;;;;/h(H,6,7)(H,8,9);;;;;;;;;;;;/q;4*+2;8*-1. The summed E-state index contributed by atoms with van der Waals surface area (Å²) < 4.78 is 13.4. The van der Waals surface area contributed by atoms with Crippen molar-refractivity contribution in [3.63, 3.8) is 0 Å². The Morgan fingerprint density at radius 2 is 0.800 bits per heavy atom. The fourth-order valence-electron chi connectivity index (χ4n) is 0.341. The molecule has 0 atom stereocenters. The van der Waals surface area contributed by atoms with Gasteiger partial charge in [0, 0.05) is 0 Å². The van der Waals surface area contributed by atoms with Gasteiger partial charge in [-0.25, -0.2) is 24.0 Å². The summed E-state index contributed by atoms with van der Waals surface area (Å²) >= 11 is 0. The molecular weight excluding hydrogens is 686 g/mol. The molecule has 0 amide bonds. The van der Waals surface area contributed by atoms with Crippen molar-refractivity contribution < 1.29 is 64.5 Å². The minimum Gasteiger partial charge on any atom is -1.00 e. The minimum atomic E-state index is -2.06. The van der Waals surface area contributed by atoms with Gasteiger partial charge < -0.3 is 40.6 Å². The van der Waals surface area contributed by atoms with Gasteiger partial charge in [-0.3, -0.25) is 0 Å². The Morgan fingerprint density at radius 1 is 0.600 bits per heavy atom. The monoisotopic (exact) mass is 698 g/mol. The van der Waals surface area contributed by atoms with Gasteiger partial charge in [-0.05, 0) is 0 Å². The molecule has 0 aromatic rings. The number of carboxylic acid groups (broad SMARTS) is 2. The maximum Gasteiger partial charge on any atom is 2.00 e.